The van der Waals surface area contributed by atoms with Gasteiger partial charge in [0.1, 0.15) is 5.00 Å². The van der Waals surface area contributed by atoms with Gasteiger partial charge in [0.25, 0.3) is 5.91 Å². The first-order chi connectivity index (χ1) is 17.4. The minimum atomic E-state index is -3.60. The largest absolute Gasteiger partial charge is 0.462 e. The standard InChI is InChI=1S/C27H37N3O5S2/c1-6-35-25(32)21-20-17-26(2,3)29-27(4,5)22(20)36-24(21)28-23(31)18-11-13-19(14-12-18)37(33,34)30-15-9-7-8-10-16-30/h11-14,29H,6-10,15-17H2,1-5H3,(H,28,31). The highest BCUT2D eigenvalue weighted by Crippen LogP contribution is 2.45. The van der Waals surface area contributed by atoms with Crippen molar-refractivity contribution in [3.8, 4) is 0 Å². The minimum absolute atomic E-state index is 0.180. The molecular formula is C27H37N3O5S2. The number of ether oxygens (including phenoxy) is 1. The normalized spacial score (nSPS) is 19.5. The van der Waals surface area contributed by atoms with Crippen LogP contribution < -0.4 is 10.6 Å². The Balaban J connectivity index is 1.62. The van der Waals surface area contributed by atoms with Gasteiger partial charge < -0.3 is 15.4 Å². The topological polar surface area (TPSA) is 105 Å². The van der Waals surface area contributed by atoms with Crippen LogP contribution in [0.15, 0.2) is 29.2 Å². The van der Waals surface area contributed by atoms with Gasteiger partial charge in [-0.3, -0.25) is 4.79 Å². The van der Waals surface area contributed by atoms with E-state index in [1.807, 2.05) is 0 Å². The molecule has 8 nitrogen and oxygen atoms in total. The first-order valence-corrected chi connectivity index (χ1v) is 15.2. The van der Waals surface area contributed by atoms with Crippen LogP contribution in [0.1, 0.15) is 91.5 Å². The van der Waals surface area contributed by atoms with E-state index in [2.05, 4.69) is 38.3 Å². The zero-order valence-corrected chi connectivity index (χ0v) is 23.9. The van der Waals surface area contributed by atoms with Crippen molar-refractivity contribution in [2.24, 2.45) is 0 Å². The molecule has 0 spiro atoms. The number of esters is 1. The number of amides is 1. The number of fused-ring (bicyclic) bond motifs is 1. The zero-order valence-electron chi connectivity index (χ0n) is 22.3. The first-order valence-electron chi connectivity index (χ1n) is 12.9. The molecule has 0 saturated carbocycles. The lowest BCUT2D eigenvalue weighted by atomic mass is 9.81. The van der Waals surface area contributed by atoms with Gasteiger partial charge in [-0.2, -0.15) is 4.31 Å². The number of benzene rings is 1. The fourth-order valence-corrected chi connectivity index (χ4v) is 8.20. The quantitative estimate of drug-likeness (QED) is 0.499. The van der Waals surface area contributed by atoms with Crippen molar-refractivity contribution in [3.63, 3.8) is 0 Å². The predicted octanol–water partition coefficient (Wildman–Crippen LogP) is 4.90. The lowest BCUT2D eigenvalue weighted by Gasteiger charge is -2.42. The van der Waals surface area contributed by atoms with Crippen molar-refractivity contribution in [3.05, 3.63) is 45.8 Å². The Morgan fingerprint density at radius 1 is 1.05 bits per heavy atom. The Morgan fingerprint density at radius 3 is 2.27 bits per heavy atom. The molecule has 202 valence electrons. The summed E-state index contributed by atoms with van der Waals surface area (Å²) in [6, 6.07) is 6.01. The van der Waals surface area contributed by atoms with Crippen LogP contribution in [0.5, 0.6) is 0 Å². The predicted molar refractivity (Wildman–Crippen MR) is 146 cm³/mol. The summed E-state index contributed by atoms with van der Waals surface area (Å²) in [6.45, 7) is 11.3. The van der Waals surface area contributed by atoms with E-state index < -0.39 is 27.4 Å². The average Bonchev–Trinajstić information content (AvgIpc) is 2.97. The van der Waals surface area contributed by atoms with Gasteiger partial charge in [-0.05, 0) is 83.7 Å². The summed E-state index contributed by atoms with van der Waals surface area (Å²) in [5.74, 6) is -0.865. The summed E-state index contributed by atoms with van der Waals surface area (Å²) in [5, 5.41) is 6.98. The third-order valence-corrected chi connectivity index (χ3v) is 10.3. The molecule has 2 aromatic rings. The lowest BCUT2D eigenvalue weighted by molar-refractivity contribution is 0.0525. The van der Waals surface area contributed by atoms with Crippen LogP contribution in [0.25, 0.3) is 0 Å². The molecule has 2 N–H and O–H groups in total. The molecule has 0 radical (unpaired) electrons. The van der Waals surface area contributed by atoms with Crippen molar-refractivity contribution in [1.82, 2.24) is 9.62 Å². The number of carbonyl (C=O) groups is 2. The Kier molecular flexibility index (Phi) is 7.86. The second-order valence-corrected chi connectivity index (χ2v) is 13.9. The summed E-state index contributed by atoms with van der Waals surface area (Å²) in [5.41, 5.74) is 0.975. The Morgan fingerprint density at radius 2 is 1.68 bits per heavy atom. The monoisotopic (exact) mass is 547 g/mol. The molecule has 0 aliphatic carbocycles. The number of hydrogen-bond acceptors (Lipinski definition) is 7. The molecular weight excluding hydrogens is 510 g/mol. The highest BCUT2D eigenvalue weighted by atomic mass is 32.2. The molecule has 0 bridgehead atoms. The fraction of sp³-hybridized carbons (Fsp3) is 0.556. The molecule has 37 heavy (non-hydrogen) atoms. The van der Waals surface area contributed by atoms with Crippen molar-refractivity contribution < 1.29 is 22.7 Å². The maximum absolute atomic E-state index is 13.2. The van der Waals surface area contributed by atoms with E-state index in [0.717, 1.165) is 36.1 Å². The Bertz CT molecular complexity index is 1270. The Labute approximate surface area is 223 Å². The third kappa shape index (κ3) is 5.77. The molecule has 3 heterocycles. The van der Waals surface area contributed by atoms with Crippen LogP contribution in [0.4, 0.5) is 5.00 Å². The van der Waals surface area contributed by atoms with Gasteiger partial charge in [-0.1, -0.05) is 12.8 Å². The van der Waals surface area contributed by atoms with E-state index in [1.54, 1.807) is 6.92 Å². The molecule has 0 atom stereocenters. The number of thiophene rings is 1. The summed E-state index contributed by atoms with van der Waals surface area (Å²) in [4.78, 5) is 27.4. The molecule has 1 saturated heterocycles. The smallest absolute Gasteiger partial charge is 0.341 e. The first kappa shape index (κ1) is 27.8. The maximum Gasteiger partial charge on any atom is 0.341 e. The zero-order chi connectivity index (χ0) is 27.0. The average molecular weight is 548 g/mol. The van der Waals surface area contributed by atoms with Crippen LogP contribution in [-0.2, 0) is 26.7 Å². The number of sulfonamides is 1. The van der Waals surface area contributed by atoms with Gasteiger partial charge in [-0.25, -0.2) is 13.2 Å². The SMILES string of the molecule is CCOC(=O)c1c(NC(=O)c2ccc(S(=O)(=O)N3CCCCCC3)cc2)sc2c1CC(C)(C)NC2(C)C. The van der Waals surface area contributed by atoms with E-state index in [9.17, 15) is 18.0 Å². The van der Waals surface area contributed by atoms with Gasteiger partial charge in [0, 0.05) is 34.6 Å². The second kappa shape index (κ2) is 10.5. The number of carbonyl (C=O) groups excluding carboxylic acids is 2. The summed E-state index contributed by atoms with van der Waals surface area (Å²) in [6.07, 6.45) is 4.41. The fourth-order valence-electron chi connectivity index (χ4n) is 5.42. The van der Waals surface area contributed by atoms with Crippen molar-refractivity contribution in [2.75, 3.05) is 25.0 Å². The molecule has 0 unspecified atom stereocenters. The Hall–Kier alpha value is -2.27. The molecule has 2 aliphatic rings. The number of hydrogen-bond donors (Lipinski definition) is 2. The number of rotatable bonds is 6. The van der Waals surface area contributed by atoms with Crippen LogP contribution in [0.2, 0.25) is 0 Å². The minimum Gasteiger partial charge on any atom is -0.462 e. The van der Waals surface area contributed by atoms with Crippen LogP contribution in [-0.4, -0.2) is 49.8 Å². The summed E-state index contributed by atoms with van der Waals surface area (Å²) < 4.78 is 33.1. The highest BCUT2D eigenvalue weighted by molar-refractivity contribution is 7.89. The van der Waals surface area contributed by atoms with Gasteiger partial charge in [0.2, 0.25) is 10.0 Å². The van der Waals surface area contributed by atoms with Gasteiger partial charge >= 0.3 is 5.97 Å². The van der Waals surface area contributed by atoms with Crippen LogP contribution in [0, 0.1) is 0 Å². The van der Waals surface area contributed by atoms with E-state index in [-0.39, 0.29) is 17.0 Å². The molecule has 4 rings (SSSR count). The second-order valence-electron chi connectivity index (χ2n) is 10.9. The van der Waals surface area contributed by atoms with Gasteiger partial charge in [0.05, 0.1) is 17.1 Å². The summed E-state index contributed by atoms with van der Waals surface area (Å²) >= 11 is 1.38. The van der Waals surface area contributed by atoms with Crippen LogP contribution >= 0.6 is 11.3 Å². The van der Waals surface area contributed by atoms with Crippen molar-refractivity contribution in [2.45, 2.75) is 82.7 Å². The van der Waals surface area contributed by atoms with Crippen molar-refractivity contribution in [1.29, 1.82) is 0 Å². The lowest BCUT2D eigenvalue weighted by Crippen LogP contribution is -2.55. The summed E-state index contributed by atoms with van der Waals surface area (Å²) in [7, 11) is -3.60. The molecule has 10 heteroatoms. The molecule has 1 aromatic heterocycles. The van der Waals surface area contributed by atoms with Gasteiger partial charge in [-0.15, -0.1) is 11.3 Å². The highest BCUT2D eigenvalue weighted by Gasteiger charge is 2.42. The van der Waals surface area contributed by atoms with E-state index >= 15 is 0 Å². The van der Waals surface area contributed by atoms with E-state index in [4.69, 9.17) is 4.74 Å². The van der Waals surface area contributed by atoms with Crippen molar-refractivity contribution >= 4 is 38.2 Å². The molecule has 2 aliphatic heterocycles. The van der Waals surface area contributed by atoms with E-state index in [0.29, 0.717) is 35.6 Å². The molecule has 1 aromatic carbocycles. The maximum atomic E-state index is 13.2. The van der Waals surface area contributed by atoms with E-state index in [1.165, 1.54) is 39.9 Å². The molecule has 1 fully saturated rings. The third-order valence-electron chi connectivity index (χ3n) is 6.87. The number of anilines is 1. The van der Waals surface area contributed by atoms with Crippen LogP contribution in [0.3, 0.4) is 0 Å². The van der Waals surface area contributed by atoms with Gasteiger partial charge in [0.15, 0.2) is 0 Å². The number of nitrogens with one attached hydrogen (secondary N) is 2. The molecule has 1 amide bonds. The number of nitrogens with zero attached hydrogens (tertiary/aromatic N) is 1.